The third-order valence-corrected chi connectivity index (χ3v) is 6.23. The zero-order valence-corrected chi connectivity index (χ0v) is 16.4. The number of nitrogens with zero attached hydrogens (tertiary/aromatic N) is 1. The number of amides is 2. The molecular weight excluding hydrogens is 352 g/mol. The van der Waals surface area contributed by atoms with Crippen LogP contribution in [0.15, 0.2) is 54.6 Å². The molecule has 1 heterocycles. The van der Waals surface area contributed by atoms with Gasteiger partial charge in [-0.3, -0.25) is 9.59 Å². The molecule has 28 heavy (non-hydrogen) atoms. The lowest BCUT2D eigenvalue weighted by Gasteiger charge is -2.54. The van der Waals surface area contributed by atoms with Gasteiger partial charge in [-0.2, -0.15) is 0 Å². The summed E-state index contributed by atoms with van der Waals surface area (Å²) in [5.74, 6) is -0.0271. The van der Waals surface area contributed by atoms with Crippen LogP contribution in [-0.4, -0.2) is 48.1 Å². The number of methoxy groups -OCH3 is 1. The van der Waals surface area contributed by atoms with E-state index in [-0.39, 0.29) is 17.4 Å². The van der Waals surface area contributed by atoms with Crippen molar-refractivity contribution >= 4 is 11.8 Å². The average molecular weight is 378 g/mol. The molecule has 2 aliphatic rings. The fourth-order valence-corrected chi connectivity index (χ4v) is 4.22. The summed E-state index contributed by atoms with van der Waals surface area (Å²) in [6, 6.07) is 17.1. The Morgan fingerprint density at radius 2 is 1.68 bits per heavy atom. The largest absolute Gasteiger partial charge is 0.376 e. The first-order valence-electron chi connectivity index (χ1n) is 9.74. The van der Waals surface area contributed by atoms with Crippen molar-refractivity contribution in [3.05, 3.63) is 71.3 Å². The Balaban J connectivity index is 1.47. The Bertz CT molecular complexity index is 884. The maximum absolute atomic E-state index is 12.8. The molecule has 0 atom stereocenters. The molecular formula is C23H26N2O3. The van der Waals surface area contributed by atoms with E-state index >= 15 is 0 Å². The van der Waals surface area contributed by atoms with Crippen molar-refractivity contribution < 1.29 is 14.3 Å². The van der Waals surface area contributed by atoms with Gasteiger partial charge in [-0.15, -0.1) is 0 Å². The predicted octanol–water partition coefficient (Wildman–Crippen LogP) is 2.73. The van der Waals surface area contributed by atoms with Gasteiger partial charge in [0.25, 0.3) is 5.91 Å². The summed E-state index contributed by atoms with van der Waals surface area (Å²) in [5, 5.41) is 3.20. The second-order valence-corrected chi connectivity index (χ2v) is 7.95. The fourth-order valence-electron chi connectivity index (χ4n) is 4.22. The van der Waals surface area contributed by atoms with Crippen LogP contribution in [0, 0.1) is 6.92 Å². The van der Waals surface area contributed by atoms with Crippen LogP contribution in [-0.2, 0) is 16.0 Å². The summed E-state index contributed by atoms with van der Waals surface area (Å²) in [6.45, 7) is 3.00. The molecule has 1 N–H and O–H groups in total. The van der Waals surface area contributed by atoms with E-state index in [1.807, 2.05) is 54.3 Å². The zero-order valence-electron chi connectivity index (χ0n) is 16.4. The summed E-state index contributed by atoms with van der Waals surface area (Å²) >= 11 is 0. The molecule has 1 aliphatic carbocycles. The van der Waals surface area contributed by atoms with Gasteiger partial charge in [0.05, 0.1) is 12.0 Å². The summed E-state index contributed by atoms with van der Waals surface area (Å²) < 4.78 is 5.81. The number of carbonyl (C=O) groups is 2. The second-order valence-electron chi connectivity index (χ2n) is 7.95. The van der Waals surface area contributed by atoms with E-state index in [0.29, 0.717) is 25.1 Å². The van der Waals surface area contributed by atoms with Gasteiger partial charge in [0.2, 0.25) is 5.91 Å². The van der Waals surface area contributed by atoms with Gasteiger partial charge in [0.15, 0.2) is 0 Å². The van der Waals surface area contributed by atoms with Gasteiger partial charge in [0, 0.05) is 25.8 Å². The smallest absolute Gasteiger partial charge is 0.251 e. The minimum Gasteiger partial charge on any atom is -0.376 e. The van der Waals surface area contributed by atoms with E-state index in [2.05, 4.69) is 5.32 Å². The second kappa shape index (κ2) is 7.06. The van der Waals surface area contributed by atoms with E-state index < -0.39 is 5.54 Å². The van der Waals surface area contributed by atoms with Gasteiger partial charge in [-0.1, -0.05) is 42.5 Å². The van der Waals surface area contributed by atoms with Gasteiger partial charge in [0.1, 0.15) is 5.54 Å². The van der Waals surface area contributed by atoms with Gasteiger partial charge in [-0.25, -0.2) is 0 Å². The van der Waals surface area contributed by atoms with Crippen LogP contribution in [0.2, 0.25) is 0 Å². The molecule has 4 rings (SSSR count). The molecule has 1 aliphatic heterocycles. The SMILES string of the molecule is COC1(C2(NC(=O)c3ccccc3)CN(C(=O)Cc3ccccc3C)C2)CC1. The van der Waals surface area contributed by atoms with Crippen molar-refractivity contribution in [3.63, 3.8) is 0 Å². The van der Waals surface area contributed by atoms with Crippen molar-refractivity contribution in [3.8, 4) is 0 Å². The zero-order chi connectivity index (χ0) is 19.8. The first-order valence-corrected chi connectivity index (χ1v) is 9.74. The normalized spacial score (nSPS) is 18.9. The number of hydrogen-bond donors (Lipinski definition) is 1. The molecule has 5 nitrogen and oxygen atoms in total. The molecule has 2 fully saturated rings. The lowest BCUT2D eigenvalue weighted by Crippen LogP contribution is -2.77. The summed E-state index contributed by atoms with van der Waals surface area (Å²) in [4.78, 5) is 27.4. The van der Waals surface area contributed by atoms with Crippen molar-refractivity contribution in [2.75, 3.05) is 20.2 Å². The summed E-state index contributed by atoms with van der Waals surface area (Å²) in [5.41, 5.74) is 1.91. The molecule has 0 bridgehead atoms. The van der Waals surface area contributed by atoms with Crippen LogP contribution in [0.25, 0.3) is 0 Å². The number of aryl methyl sites for hydroxylation is 1. The number of nitrogens with one attached hydrogen (secondary N) is 1. The number of benzene rings is 2. The Kier molecular flexibility index (Phi) is 4.71. The van der Waals surface area contributed by atoms with Crippen LogP contribution in [0.4, 0.5) is 0 Å². The first kappa shape index (κ1) is 18.7. The van der Waals surface area contributed by atoms with Crippen LogP contribution < -0.4 is 5.32 Å². The van der Waals surface area contributed by atoms with Crippen LogP contribution in [0.5, 0.6) is 0 Å². The molecule has 0 radical (unpaired) electrons. The van der Waals surface area contributed by atoms with Crippen molar-refractivity contribution in [2.45, 2.75) is 37.3 Å². The number of carbonyl (C=O) groups excluding carboxylic acids is 2. The lowest BCUT2D eigenvalue weighted by atomic mass is 9.80. The van der Waals surface area contributed by atoms with E-state index in [9.17, 15) is 9.59 Å². The molecule has 2 amide bonds. The van der Waals surface area contributed by atoms with Gasteiger partial charge >= 0.3 is 0 Å². The number of hydrogen-bond acceptors (Lipinski definition) is 3. The highest BCUT2D eigenvalue weighted by atomic mass is 16.5. The monoisotopic (exact) mass is 378 g/mol. The van der Waals surface area contributed by atoms with Crippen molar-refractivity contribution in [1.82, 2.24) is 10.2 Å². The van der Waals surface area contributed by atoms with E-state index in [0.717, 1.165) is 24.0 Å². The predicted molar refractivity (Wildman–Crippen MR) is 107 cm³/mol. The van der Waals surface area contributed by atoms with Gasteiger partial charge in [-0.05, 0) is 43.0 Å². The molecule has 5 heteroatoms. The molecule has 0 spiro atoms. The fraction of sp³-hybridized carbons (Fsp3) is 0.391. The molecule has 0 aromatic heterocycles. The van der Waals surface area contributed by atoms with Gasteiger partial charge < -0.3 is 15.0 Å². The number of likely N-dealkylation sites (tertiary alicyclic amines) is 1. The summed E-state index contributed by atoms with van der Waals surface area (Å²) in [6.07, 6.45) is 2.19. The third-order valence-electron chi connectivity index (χ3n) is 6.23. The third kappa shape index (κ3) is 3.20. The molecule has 1 saturated carbocycles. The molecule has 0 unspecified atom stereocenters. The van der Waals surface area contributed by atoms with Crippen molar-refractivity contribution in [1.29, 1.82) is 0 Å². The van der Waals surface area contributed by atoms with Crippen LogP contribution in [0.3, 0.4) is 0 Å². The highest BCUT2D eigenvalue weighted by Gasteiger charge is 2.66. The maximum Gasteiger partial charge on any atom is 0.251 e. The van der Waals surface area contributed by atoms with Crippen molar-refractivity contribution in [2.24, 2.45) is 0 Å². The number of rotatable bonds is 6. The quantitative estimate of drug-likeness (QED) is 0.841. The van der Waals surface area contributed by atoms with Crippen LogP contribution in [0.1, 0.15) is 34.3 Å². The standard InChI is InChI=1S/C23H26N2O3/c1-17-8-6-7-11-19(17)14-20(26)25-15-22(16-25,23(28-2)12-13-23)24-21(27)18-9-4-3-5-10-18/h3-11H,12-16H2,1-2H3,(H,24,27). The first-order chi connectivity index (χ1) is 13.5. The Morgan fingerprint density at radius 1 is 1.04 bits per heavy atom. The molecule has 2 aromatic carbocycles. The Labute approximate surface area is 165 Å². The Morgan fingerprint density at radius 3 is 2.29 bits per heavy atom. The Hall–Kier alpha value is -2.66. The molecule has 1 saturated heterocycles. The summed E-state index contributed by atoms with van der Waals surface area (Å²) in [7, 11) is 1.70. The van der Waals surface area contributed by atoms with E-state index in [1.54, 1.807) is 19.2 Å². The molecule has 2 aromatic rings. The minimum absolute atomic E-state index is 0.0887. The lowest BCUT2D eigenvalue weighted by molar-refractivity contribution is -0.147. The highest BCUT2D eigenvalue weighted by Crippen LogP contribution is 2.51. The average Bonchev–Trinajstić information content (AvgIpc) is 3.48. The highest BCUT2D eigenvalue weighted by molar-refractivity contribution is 5.95. The van der Waals surface area contributed by atoms with Crippen LogP contribution >= 0.6 is 0 Å². The number of ether oxygens (including phenoxy) is 1. The van der Waals surface area contributed by atoms with E-state index in [1.165, 1.54) is 0 Å². The molecule has 146 valence electrons. The minimum atomic E-state index is -0.518. The maximum atomic E-state index is 12.8. The van der Waals surface area contributed by atoms with E-state index in [4.69, 9.17) is 4.74 Å². The topological polar surface area (TPSA) is 58.6 Å².